The maximum absolute atomic E-state index is 13.6. The van der Waals surface area contributed by atoms with Gasteiger partial charge < -0.3 is 5.11 Å². The first-order chi connectivity index (χ1) is 9.45. The summed E-state index contributed by atoms with van der Waals surface area (Å²) in [7, 11) is 0. The van der Waals surface area contributed by atoms with E-state index in [0.29, 0.717) is 15.6 Å². The van der Waals surface area contributed by atoms with Crippen molar-refractivity contribution in [2.75, 3.05) is 0 Å². The molecule has 0 heterocycles. The highest BCUT2D eigenvalue weighted by atomic mass is 79.9. The lowest BCUT2D eigenvalue weighted by Gasteiger charge is -2.12. The van der Waals surface area contributed by atoms with Crippen molar-refractivity contribution in [3.8, 4) is 0 Å². The number of halogens is 4. The van der Waals surface area contributed by atoms with Crippen LogP contribution in [0, 0.1) is 17.5 Å². The van der Waals surface area contributed by atoms with Crippen LogP contribution in [-0.2, 0) is 12.8 Å². The van der Waals surface area contributed by atoms with E-state index in [1.165, 1.54) is 12.1 Å². The van der Waals surface area contributed by atoms with Gasteiger partial charge >= 0.3 is 0 Å². The molecule has 0 fully saturated rings. The number of hydrogen-bond acceptors (Lipinski definition) is 1. The van der Waals surface area contributed by atoms with Crippen molar-refractivity contribution in [1.82, 2.24) is 0 Å². The van der Waals surface area contributed by atoms with Crippen LogP contribution >= 0.6 is 15.9 Å². The van der Waals surface area contributed by atoms with Crippen molar-refractivity contribution in [2.45, 2.75) is 18.9 Å². The third-order valence-corrected chi connectivity index (χ3v) is 3.42. The van der Waals surface area contributed by atoms with Gasteiger partial charge in [-0.05, 0) is 41.8 Å². The molecule has 1 nitrogen and oxygen atoms in total. The number of aliphatic hydroxyl groups excluding tert-OH is 1. The van der Waals surface area contributed by atoms with Crippen LogP contribution in [0.4, 0.5) is 13.2 Å². The molecule has 106 valence electrons. The van der Waals surface area contributed by atoms with Crippen molar-refractivity contribution in [2.24, 2.45) is 0 Å². The summed E-state index contributed by atoms with van der Waals surface area (Å²) in [6.07, 6.45) is -0.624. The number of rotatable bonds is 4. The van der Waals surface area contributed by atoms with Crippen LogP contribution in [0.25, 0.3) is 0 Å². The van der Waals surface area contributed by atoms with Gasteiger partial charge in [0.15, 0.2) is 11.6 Å². The number of hydrogen-bond donors (Lipinski definition) is 1. The average Bonchev–Trinajstić information content (AvgIpc) is 2.37. The first-order valence-electron chi connectivity index (χ1n) is 6.01. The fourth-order valence-corrected chi connectivity index (χ4v) is 2.29. The predicted molar refractivity (Wildman–Crippen MR) is 73.9 cm³/mol. The van der Waals surface area contributed by atoms with Crippen molar-refractivity contribution in [3.05, 3.63) is 69.4 Å². The van der Waals surface area contributed by atoms with Crippen LogP contribution in [0.2, 0.25) is 0 Å². The van der Waals surface area contributed by atoms with E-state index in [1.807, 2.05) is 0 Å². The smallest absolute Gasteiger partial charge is 0.159 e. The summed E-state index contributed by atoms with van der Waals surface area (Å²) < 4.78 is 40.1. The van der Waals surface area contributed by atoms with Crippen LogP contribution in [0.3, 0.4) is 0 Å². The van der Waals surface area contributed by atoms with Gasteiger partial charge in [0.2, 0.25) is 0 Å². The molecular weight excluding hydrogens is 333 g/mol. The first-order valence-corrected chi connectivity index (χ1v) is 6.81. The maximum Gasteiger partial charge on any atom is 0.159 e. The van der Waals surface area contributed by atoms with E-state index in [1.54, 1.807) is 12.1 Å². The zero-order valence-electron chi connectivity index (χ0n) is 10.4. The molecule has 1 N–H and O–H groups in total. The zero-order valence-corrected chi connectivity index (χ0v) is 12.0. The minimum atomic E-state index is -0.954. The van der Waals surface area contributed by atoms with E-state index in [2.05, 4.69) is 15.9 Å². The molecule has 2 rings (SSSR count). The van der Waals surface area contributed by atoms with Gasteiger partial charge in [0.1, 0.15) is 5.82 Å². The Morgan fingerprint density at radius 2 is 1.65 bits per heavy atom. The third kappa shape index (κ3) is 3.84. The molecule has 0 saturated carbocycles. The van der Waals surface area contributed by atoms with Crippen molar-refractivity contribution >= 4 is 15.9 Å². The Labute approximate surface area is 123 Å². The Morgan fingerprint density at radius 3 is 2.30 bits per heavy atom. The Kier molecular flexibility index (Phi) is 4.83. The van der Waals surface area contributed by atoms with Crippen LogP contribution < -0.4 is 0 Å². The maximum atomic E-state index is 13.6. The summed E-state index contributed by atoms with van der Waals surface area (Å²) in [4.78, 5) is 0. The Bertz CT molecular complexity index is 616. The normalized spacial score (nSPS) is 12.4. The molecule has 0 spiro atoms. The van der Waals surface area contributed by atoms with Gasteiger partial charge in [0, 0.05) is 10.9 Å². The molecule has 5 heteroatoms. The average molecular weight is 345 g/mol. The van der Waals surface area contributed by atoms with Crippen LogP contribution in [0.15, 0.2) is 40.9 Å². The molecule has 0 bridgehead atoms. The highest BCUT2D eigenvalue weighted by Gasteiger charge is 2.12. The minimum Gasteiger partial charge on any atom is -0.392 e. The van der Waals surface area contributed by atoms with Crippen molar-refractivity contribution < 1.29 is 18.3 Å². The molecule has 0 amide bonds. The molecule has 0 aliphatic rings. The molecule has 20 heavy (non-hydrogen) atoms. The van der Waals surface area contributed by atoms with Crippen LogP contribution in [0.1, 0.15) is 11.1 Å². The SMILES string of the molecule is OC(Cc1ccc(F)c(F)c1)Cc1ccc(Br)cc1F. The second-order valence-electron chi connectivity index (χ2n) is 4.55. The topological polar surface area (TPSA) is 20.2 Å². The minimum absolute atomic E-state index is 0.109. The summed E-state index contributed by atoms with van der Waals surface area (Å²) in [5.74, 6) is -2.30. The second kappa shape index (κ2) is 6.41. The molecule has 1 atom stereocenters. The standard InChI is InChI=1S/C15H12BrF3O/c16-11-3-2-10(14(18)8-11)7-12(20)5-9-1-4-13(17)15(19)6-9/h1-4,6,8,12,20H,5,7H2. The summed E-state index contributed by atoms with van der Waals surface area (Å²) in [5, 5.41) is 9.92. The van der Waals surface area contributed by atoms with E-state index in [4.69, 9.17) is 0 Å². The summed E-state index contributed by atoms with van der Waals surface area (Å²) in [5.41, 5.74) is 0.845. The molecule has 0 aromatic heterocycles. The van der Waals surface area contributed by atoms with Crippen molar-refractivity contribution in [1.29, 1.82) is 0 Å². The highest BCUT2D eigenvalue weighted by molar-refractivity contribution is 9.10. The van der Waals surface area contributed by atoms with Crippen LogP contribution in [0.5, 0.6) is 0 Å². The zero-order chi connectivity index (χ0) is 14.7. The van der Waals surface area contributed by atoms with E-state index in [-0.39, 0.29) is 12.8 Å². The molecular formula is C15H12BrF3O. The van der Waals surface area contributed by atoms with E-state index >= 15 is 0 Å². The largest absolute Gasteiger partial charge is 0.392 e. The van der Waals surface area contributed by atoms with Gasteiger partial charge in [-0.15, -0.1) is 0 Å². The fraction of sp³-hybridized carbons (Fsp3) is 0.200. The fourth-order valence-electron chi connectivity index (χ4n) is 1.95. The van der Waals surface area contributed by atoms with Gasteiger partial charge in [-0.25, -0.2) is 13.2 Å². The monoisotopic (exact) mass is 344 g/mol. The second-order valence-corrected chi connectivity index (χ2v) is 5.46. The molecule has 2 aromatic rings. The van der Waals surface area contributed by atoms with Gasteiger partial charge in [-0.2, -0.15) is 0 Å². The predicted octanol–water partition coefficient (Wildman–Crippen LogP) is 4.01. The number of benzene rings is 2. The third-order valence-electron chi connectivity index (χ3n) is 2.93. The van der Waals surface area contributed by atoms with E-state index in [0.717, 1.165) is 12.1 Å². The first kappa shape index (κ1) is 15.1. The summed E-state index contributed by atoms with van der Waals surface area (Å²) >= 11 is 3.15. The lowest BCUT2D eigenvalue weighted by atomic mass is 10.0. The molecule has 0 aliphatic heterocycles. The summed E-state index contributed by atoms with van der Waals surface area (Å²) in [6.45, 7) is 0. The molecule has 0 aliphatic carbocycles. The quantitative estimate of drug-likeness (QED) is 0.888. The lowest BCUT2D eigenvalue weighted by Crippen LogP contribution is -2.15. The van der Waals surface area contributed by atoms with E-state index < -0.39 is 23.6 Å². The van der Waals surface area contributed by atoms with Gasteiger partial charge in [0.25, 0.3) is 0 Å². The van der Waals surface area contributed by atoms with Crippen LogP contribution in [-0.4, -0.2) is 11.2 Å². The Balaban J connectivity index is 2.04. The Morgan fingerprint density at radius 1 is 0.900 bits per heavy atom. The van der Waals surface area contributed by atoms with E-state index in [9.17, 15) is 18.3 Å². The number of aliphatic hydroxyl groups is 1. The highest BCUT2D eigenvalue weighted by Crippen LogP contribution is 2.18. The molecule has 2 aromatic carbocycles. The lowest BCUT2D eigenvalue weighted by molar-refractivity contribution is 0.174. The molecule has 0 radical (unpaired) electrons. The summed E-state index contributed by atoms with van der Waals surface area (Å²) in [6, 6.07) is 8.03. The molecule has 0 saturated heterocycles. The molecule has 1 unspecified atom stereocenters. The van der Waals surface area contributed by atoms with Gasteiger partial charge in [0.05, 0.1) is 6.10 Å². The van der Waals surface area contributed by atoms with Gasteiger partial charge in [-0.3, -0.25) is 0 Å². The Hall–Kier alpha value is -1.33. The van der Waals surface area contributed by atoms with Crippen molar-refractivity contribution in [3.63, 3.8) is 0 Å². The van der Waals surface area contributed by atoms with Gasteiger partial charge in [-0.1, -0.05) is 28.1 Å².